The number of primary amides is 4. The first-order valence-electron chi connectivity index (χ1n) is 42.6. The van der Waals surface area contributed by atoms with E-state index in [1.807, 2.05) is 19.6 Å². The Morgan fingerprint density at radius 2 is 0.615 bits per heavy atom. The van der Waals surface area contributed by atoms with Crippen LogP contribution >= 0.6 is 0 Å². The zero-order valence-electron chi connectivity index (χ0n) is 72.0. The number of aromatic amines is 4. The van der Waals surface area contributed by atoms with E-state index in [2.05, 4.69) is 84.6 Å². The molecule has 48 nitrogen and oxygen atoms in total. The number of nitrogens with one attached hydrogen (secondary N) is 4. The second kappa shape index (κ2) is 38.6. The molecule has 16 aromatic heterocycles. The number of aliphatic hydroxyl groups is 1. The third-order valence-corrected chi connectivity index (χ3v) is 23.9. The molecule has 4 aliphatic heterocycles. The Morgan fingerprint density at radius 1 is 0.370 bits per heavy atom. The number of H-pyrrole nitrogens is 4. The third-order valence-electron chi connectivity index (χ3n) is 23.9. The molecule has 686 valence electrons. The number of fused-ring (bicyclic) bond motifs is 12. The van der Waals surface area contributed by atoms with E-state index in [4.69, 9.17) is 59.9 Å². The molecule has 0 spiro atoms. The number of nitrogens with two attached hydrogens (primary N) is 5. The van der Waals surface area contributed by atoms with Gasteiger partial charge >= 0.3 is 34.7 Å². The molecule has 48 heteroatoms. The molecule has 0 aromatic carbocycles. The number of likely N-dealkylation sites (tertiary alicyclic amines) is 4. The summed E-state index contributed by atoms with van der Waals surface area (Å²) in [7, 11) is 1.48. The Hall–Kier alpha value is -16.9. The molecule has 20 heterocycles. The van der Waals surface area contributed by atoms with Crippen LogP contribution in [0.15, 0.2) is 161 Å². The molecule has 0 unspecified atom stereocenters. The van der Waals surface area contributed by atoms with Crippen molar-refractivity contribution in [2.75, 3.05) is 91.4 Å². The minimum absolute atomic E-state index is 0.0275. The molecule has 0 aliphatic carbocycles. The lowest BCUT2D eigenvalue weighted by Gasteiger charge is -2.32. The fraction of sp³-hybridized carbons (Fsp3) is 0.299. The highest BCUT2D eigenvalue weighted by atomic mass is 16.5. The molecule has 0 bridgehead atoms. The predicted molar refractivity (Wildman–Crippen MR) is 491 cm³/mol. The summed E-state index contributed by atoms with van der Waals surface area (Å²) in [4.78, 5) is 237. The average Bonchev–Trinajstić information content (AvgIpc) is 0.755. The molecule has 4 amide bonds. The summed E-state index contributed by atoms with van der Waals surface area (Å²) < 4.78 is 11.4. The number of rotatable bonds is 18. The highest BCUT2D eigenvalue weighted by Crippen LogP contribution is 2.35. The maximum Gasteiger partial charge on any atom is 0.371 e. The van der Waals surface area contributed by atoms with Gasteiger partial charge in [-0.25, -0.2) is 69.0 Å². The first kappa shape index (κ1) is 90.0. The first-order chi connectivity index (χ1) is 65.2. The lowest BCUT2D eigenvalue weighted by atomic mass is 10.0. The highest BCUT2D eigenvalue weighted by molar-refractivity contribution is 6.04. The largest absolute Gasteiger partial charge is 0.467 e. The van der Waals surface area contributed by atoms with Gasteiger partial charge in [-0.1, -0.05) is 0 Å². The van der Waals surface area contributed by atoms with Crippen LogP contribution in [0.25, 0.3) is 138 Å². The van der Waals surface area contributed by atoms with E-state index in [9.17, 15) is 62.6 Å². The van der Waals surface area contributed by atoms with Gasteiger partial charge in [0.1, 0.15) is 28.7 Å². The molecule has 4 fully saturated rings. The standard InChI is InChI=1S/C22H19N9O3.2C22H22N8O4.C21H21N9O3/c1-24-21-26-8-12(9-27-21)15-2-3-16-18(28-15)19-14(10-25-16)20(33)29-22(34)31(19)13-4-6-30(7-5-13)11-17(23)32;1-34-21-25-8-12(9-26-21)15-2-3-16-18(27-15)19-14(10-24-16)20(32)28-22(33)30(19)13-4-6-29(7-5-13)11-17(23)31;23-17(32)10-29-5-3-13(4-6-29)30-20-14(21(33)28-22(30)34)9-24-16-2-1-15(27-19(16)20)12-7-25-18(11-31)26-8-12;22-16(31)10-29-5-3-12(4-6-29)30-18-13(19(32)28-21(30)33)9-24-15-2-1-14(27-17(15)18)11-7-25-20(23)26-8-11/h2-3,8-10,13H,4-7,11H2,(H2,23,32)(H,29,33,34);2-3,8-10,13H,4-7,11H2,1H3,(H2,23,31)(H,28,32,33);1-2,7-9,13,31H,3-6,10-11H2,(H2,23,32)(H,28,33,34);1-2,7-9,12H,3-6,10H2,(H2,22,31)(H2,23,25,26)(H,28,32,33). The molecule has 4 saturated heterocycles. The van der Waals surface area contributed by atoms with Gasteiger partial charge in [0.25, 0.3) is 22.2 Å². The van der Waals surface area contributed by atoms with Crippen LogP contribution in [0.1, 0.15) is 81.4 Å². The van der Waals surface area contributed by atoms with Crippen LogP contribution in [0.4, 0.5) is 11.9 Å². The van der Waals surface area contributed by atoms with Gasteiger partial charge in [-0.15, -0.1) is 6.57 Å². The smallest absolute Gasteiger partial charge is 0.371 e. The fourth-order valence-electron chi connectivity index (χ4n) is 17.5. The Labute approximate surface area is 757 Å². The molecule has 0 saturated carbocycles. The second-order valence-electron chi connectivity index (χ2n) is 32.5. The van der Waals surface area contributed by atoms with Gasteiger partial charge < -0.3 is 43.4 Å². The number of hydrogen-bond donors (Lipinski definition) is 10. The molecule has 0 radical (unpaired) electrons. The van der Waals surface area contributed by atoms with E-state index in [0.717, 1.165) is 0 Å². The number of pyridine rings is 8. The van der Waals surface area contributed by atoms with Crippen LogP contribution in [0, 0.1) is 6.57 Å². The Bertz CT molecular complexity index is 7700. The van der Waals surface area contributed by atoms with Crippen LogP contribution in [0.5, 0.6) is 6.01 Å². The summed E-state index contributed by atoms with van der Waals surface area (Å²) in [5.74, 6) is -1.10. The molecule has 15 N–H and O–H groups in total. The van der Waals surface area contributed by atoms with Gasteiger partial charge in [-0.2, -0.15) is 9.97 Å². The van der Waals surface area contributed by atoms with Crippen molar-refractivity contribution in [2.24, 2.45) is 22.9 Å². The van der Waals surface area contributed by atoms with Crippen LogP contribution in [0.2, 0.25) is 0 Å². The van der Waals surface area contributed by atoms with Gasteiger partial charge in [-0.3, -0.25) is 116 Å². The molecule has 20 rings (SSSR count). The summed E-state index contributed by atoms with van der Waals surface area (Å²) in [6, 6.07) is 13.6. The minimum Gasteiger partial charge on any atom is -0.467 e. The van der Waals surface area contributed by atoms with E-state index < -0.39 is 56.8 Å². The number of piperidine rings is 4. The van der Waals surface area contributed by atoms with Crippen LogP contribution in [-0.2, 0) is 25.8 Å². The van der Waals surface area contributed by atoms with Crippen molar-refractivity contribution in [3.05, 3.63) is 223 Å². The molecular formula is C87H84N34O14. The van der Waals surface area contributed by atoms with Crippen molar-refractivity contribution in [3.63, 3.8) is 0 Å². The van der Waals surface area contributed by atoms with Crippen LogP contribution in [-0.4, -0.2) is 252 Å². The number of aliphatic hydroxyl groups excluding tert-OH is 1. The van der Waals surface area contributed by atoms with Gasteiger partial charge in [-0.05, 0) is 99.9 Å². The number of carbonyl (C=O) groups is 4. The number of carbonyl (C=O) groups excluding carboxylic acids is 4. The summed E-state index contributed by atoms with van der Waals surface area (Å²) in [6.07, 6.45) is 23.1. The predicted octanol–water partition coefficient (Wildman–Crippen LogP) is 0.483. The van der Waals surface area contributed by atoms with Crippen molar-refractivity contribution in [3.8, 4) is 51.0 Å². The number of methoxy groups -OCH3 is 1. The number of nitrogen functional groups attached to an aromatic ring is 1. The summed E-state index contributed by atoms with van der Waals surface area (Å²) >= 11 is 0. The minimum atomic E-state index is -0.534. The average molecular weight is 1830 g/mol. The molecule has 0 atom stereocenters. The summed E-state index contributed by atoms with van der Waals surface area (Å²) in [5.41, 5.74) is 33.0. The molecule has 135 heavy (non-hydrogen) atoms. The normalized spacial score (nSPS) is 15.1. The van der Waals surface area contributed by atoms with Crippen LogP contribution < -0.4 is 78.4 Å². The molecule has 16 aromatic rings. The topological polar surface area (TPSA) is 671 Å². The monoisotopic (exact) mass is 1830 g/mol. The number of ether oxygens (including phenoxy) is 1. The van der Waals surface area contributed by atoms with Gasteiger partial charge in [0.05, 0.1) is 140 Å². The third kappa shape index (κ3) is 19.1. The van der Waals surface area contributed by atoms with Crippen LogP contribution in [0.3, 0.4) is 0 Å². The van der Waals surface area contributed by atoms with E-state index in [1.54, 1.807) is 104 Å². The van der Waals surface area contributed by atoms with Gasteiger partial charge in [0.2, 0.25) is 29.6 Å². The van der Waals surface area contributed by atoms with Gasteiger partial charge in [0.15, 0.2) is 5.82 Å². The van der Waals surface area contributed by atoms with E-state index in [0.29, 0.717) is 221 Å². The fourth-order valence-corrected chi connectivity index (χ4v) is 17.5. The maximum atomic E-state index is 13.0. The SMILES string of the molecule is COc1ncc(-c2ccc3ncc4c(=O)[nH]c(=O)n(C5CCN(CC(N)=O)CC5)c4c3n2)cn1.NC(=O)CN1CCC(n2c(=O)[nH]c(=O)c3cnc4ccc(-c5cnc(CO)nc5)nc4c32)CC1.NC(=O)CN1CCC(n2c(=O)[nH]c(=O)c3cnc4ccc(-c5cnc(N)nc5)nc4c32)CC1.[C-]#[N+]c1ncc(-c2ccc3ncc4c(=O)[nH]c(=O)n(C5CCN(CC(N)=O)CC5)c4c3n2)cn1. The molecular weight excluding hydrogens is 1750 g/mol. The van der Waals surface area contributed by atoms with E-state index in [1.165, 1.54) is 44.3 Å². The number of aromatic nitrogens is 24. The lowest BCUT2D eigenvalue weighted by Crippen LogP contribution is -2.42. The summed E-state index contributed by atoms with van der Waals surface area (Å²) in [5, 5.41) is 10.3. The number of anilines is 1. The van der Waals surface area contributed by atoms with Crippen molar-refractivity contribution in [1.29, 1.82) is 0 Å². The number of hydrogen-bond acceptors (Lipinski definition) is 35. The number of nitrogens with zero attached hydrogens (tertiary/aromatic N) is 25. The molecule has 4 aliphatic rings. The summed E-state index contributed by atoms with van der Waals surface area (Å²) in [6.45, 7) is 12.2. The van der Waals surface area contributed by atoms with E-state index in [-0.39, 0.29) is 108 Å². The van der Waals surface area contributed by atoms with Crippen molar-refractivity contribution in [1.82, 2.24) is 138 Å². The second-order valence-corrected chi connectivity index (χ2v) is 32.5. The Morgan fingerprint density at radius 3 is 0.852 bits per heavy atom. The Balaban J connectivity index is 0.000000125. The van der Waals surface area contributed by atoms with E-state index >= 15 is 0 Å². The zero-order valence-corrected chi connectivity index (χ0v) is 72.0. The zero-order chi connectivity index (χ0) is 94.6. The maximum absolute atomic E-state index is 13.0. The highest BCUT2D eigenvalue weighted by Gasteiger charge is 2.32. The number of amides is 4. The Kier molecular flexibility index (Phi) is 25.8. The van der Waals surface area contributed by atoms with Crippen molar-refractivity contribution >= 4 is 123 Å². The quantitative estimate of drug-likeness (QED) is 0.0413. The lowest BCUT2D eigenvalue weighted by molar-refractivity contribution is -0.120. The van der Waals surface area contributed by atoms with Crippen molar-refractivity contribution < 1.29 is 29.0 Å². The van der Waals surface area contributed by atoms with Crippen molar-refractivity contribution in [2.45, 2.75) is 82.1 Å². The van der Waals surface area contributed by atoms with Gasteiger partial charge in [0, 0.05) is 155 Å². The first-order valence-corrected chi connectivity index (χ1v) is 42.6.